The quantitative estimate of drug-likeness (QED) is 0.851. The topological polar surface area (TPSA) is 57.6 Å². The van der Waals surface area contributed by atoms with E-state index in [1.54, 1.807) is 6.92 Å². The summed E-state index contributed by atoms with van der Waals surface area (Å²) < 4.78 is 36.0. The van der Waals surface area contributed by atoms with Gasteiger partial charge in [-0.3, -0.25) is 9.59 Å². The van der Waals surface area contributed by atoms with Crippen molar-refractivity contribution in [3.05, 3.63) is 0 Å². The Labute approximate surface area is 103 Å². The number of amides is 1. The highest BCUT2D eigenvalue weighted by atomic mass is 19.4. The number of carboxylic acid groups (broad SMARTS) is 1. The van der Waals surface area contributed by atoms with Crippen molar-refractivity contribution in [2.75, 3.05) is 6.54 Å². The van der Waals surface area contributed by atoms with Crippen LogP contribution in [0.15, 0.2) is 0 Å². The first-order valence-corrected chi connectivity index (χ1v) is 5.79. The van der Waals surface area contributed by atoms with E-state index in [4.69, 9.17) is 5.11 Å². The van der Waals surface area contributed by atoms with E-state index in [1.165, 1.54) is 4.90 Å². The minimum Gasteiger partial charge on any atom is -0.481 e. The van der Waals surface area contributed by atoms with E-state index in [0.29, 0.717) is 12.8 Å². The van der Waals surface area contributed by atoms with Crippen LogP contribution in [0.5, 0.6) is 0 Å². The fourth-order valence-corrected chi connectivity index (χ4v) is 2.16. The number of halogens is 3. The van der Waals surface area contributed by atoms with Gasteiger partial charge in [0.15, 0.2) is 0 Å². The summed E-state index contributed by atoms with van der Waals surface area (Å²) in [5.74, 6) is -1.97. The summed E-state index contributed by atoms with van der Waals surface area (Å²) in [5, 5.41) is 8.84. The second kappa shape index (κ2) is 5.58. The first kappa shape index (κ1) is 14.8. The maximum absolute atomic E-state index is 12.0. The average molecular weight is 267 g/mol. The smallest absolute Gasteiger partial charge is 0.389 e. The molecule has 1 rings (SSSR count). The molecule has 1 saturated heterocycles. The molecule has 18 heavy (non-hydrogen) atoms. The van der Waals surface area contributed by atoms with Gasteiger partial charge in [-0.05, 0) is 19.8 Å². The molecule has 0 saturated carbocycles. The number of carboxylic acids is 1. The number of aliphatic carboxylic acids is 1. The van der Waals surface area contributed by atoms with Crippen LogP contribution in [0, 0.1) is 5.92 Å². The molecule has 1 amide bonds. The van der Waals surface area contributed by atoms with E-state index in [2.05, 4.69) is 0 Å². The van der Waals surface area contributed by atoms with Crippen LogP contribution in [-0.2, 0) is 9.59 Å². The minimum absolute atomic E-state index is 0.217. The summed E-state index contributed by atoms with van der Waals surface area (Å²) in [6.45, 7) is 1.88. The number of carbonyl (C=O) groups is 2. The maximum Gasteiger partial charge on any atom is 0.389 e. The van der Waals surface area contributed by atoms with Crippen molar-refractivity contribution < 1.29 is 27.9 Å². The van der Waals surface area contributed by atoms with Crippen LogP contribution < -0.4 is 0 Å². The van der Waals surface area contributed by atoms with Crippen molar-refractivity contribution in [1.82, 2.24) is 4.90 Å². The number of hydrogen-bond donors (Lipinski definition) is 1. The summed E-state index contributed by atoms with van der Waals surface area (Å²) in [6.07, 6.45) is -5.42. The number of carbonyl (C=O) groups excluding carboxylic acids is 1. The van der Waals surface area contributed by atoms with Gasteiger partial charge in [-0.2, -0.15) is 13.2 Å². The van der Waals surface area contributed by atoms with Gasteiger partial charge in [-0.1, -0.05) is 0 Å². The zero-order valence-electron chi connectivity index (χ0n) is 10.0. The van der Waals surface area contributed by atoms with E-state index in [9.17, 15) is 22.8 Å². The highest BCUT2D eigenvalue weighted by Crippen LogP contribution is 2.26. The summed E-state index contributed by atoms with van der Waals surface area (Å²) >= 11 is 0. The van der Waals surface area contributed by atoms with Crippen LogP contribution in [0.25, 0.3) is 0 Å². The standard InChI is InChI=1S/C11H16F3NO3/c1-7-6-8(10(17)18)3-5-15(7)9(16)2-4-11(12,13)14/h7-8H,2-6H2,1H3,(H,17,18). The van der Waals surface area contributed by atoms with Crippen LogP contribution in [-0.4, -0.2) is 40.6 Å². The number of nitrogens with zero attached hydrogens (tertiary/aromatic N) is 1. The second-order valence-corrected chi connectivity index (χ2v) is 4.61. The number of hydrogen-bond acceptors (Lipinski definition) is 2. The molecule has 104 valence electrons. The number of alkyl halides is 3. The molecule has 0 spiro atoms. The molecule has 1 heterocycles. The van der Waals surface area contributed by atoms with Crippen molar-refractivity contribution in [1.29, 1.82) is 0 Å². The molecule has 0 aromatic rings. The third kappa shape index (κ3) is 4.19. The van der Waals surface area contributed by atoms with Gasteiger partial charge in [0, 0.05) is 19.0 Å². The average Bonchev–Trinajstić information content (AvgIpc) is 2.24. The fraction of sp³-hybridized carbons (Fsp3) is 0.818. The molecular formula is C11H16F3NO3. The van der Waals surface area contributed by atoms with E-state index in [0.717, 1.165) is 0 Å². The van der Waals surface area contributed by atoms with Crippen LogP contribution in [0.3, 0.4) is 0 Å². The molecule has 0 radical (unpaired) electrons. The Morgan fingerprint density at radius 1 is 1.39 bits per heavy atom. The van der Waals surface area contributed by atoms with Gasteiger partial charge in [0.05, 0.1) is 12.3 Å². The molecule has 1 aliphatic rings. The summed E-state index contributed by atoms with van der Waals surface area (Å²) in [6, 6.07) is -0.319. The van der Waals surface area contributed by atoms with Crippen LogP contribution in [0.4, 0.5) is 13.2 Å². The van der Waals surface area contributed by atoms with Crippen LogP contribution in [0.1, 0.15) is 32.6 Å². The van der Waals surface area contributed by atoms with Gasteiger partial charge >= 0.3 is 12.1 Å². The predicted molar refractivity (Wildman–Crippen MR) is 56.8 cm³/mol. The molecule has 1 fully saturated rings. The molecule has 0 bridgehead atoms. The molecule has 1 N–H and O–H groups in total. The predicted octanol–water partition coefficient (Wildman–Crippen LogP) is 2.04. The van der Waals surface area contributed by atoms with Gasteiger partial charge in [0.25, 0.3) is 0 Å². The van der Waals surface area contributed by atoms with Gasteiger partial charge in [-0.15, -0.1) is 0 Å². The van der Waals surface area contributed by atoms with E-state index >= 15 is 0 Å². The SMILES string of the molecule is CC1CC(C(=O)O)CCN1C(=O)CCC(F)(F)F. The van der Waals surface area contributed by atoms with E-state index in [1.807, 2.05) is 0 Å². The Bertz CT molecular complexity index is 330. The lowest BCUT2D eigenvalue weighted by Gasteiger charge is -2.36. The normalized spacial score (nSPS) is 25.0. The fourth-order valence-electron chi connectivity index (χ4n) is 2.16. The highest BCUT2D eigenvalue weighted by molar-refractivity contribution is 5.77. The largest absolute Gasteiger partial charge is 0.481 e. The Morgan fingerprint density at radius 2 is 2.00 bits per heavy atom. The lowest BCUT2D eigenvalue weighted by Crippen LogP contribution is -2.46. The maximum atomic E-state index is 12.0. The van der Waals surface area contributed by atoms with Gasteiger partial charge in [-0.25, -0.2) is 0 Å². The van der Waals surface area contributed by atoms with E-state index < -0.39 is 36.8 Å². The first-order valence-electron chi connectivity index (χ1n) is 5.79. The van der Waals surface area contributed by atoms with E-state index in [-0.39, 0.29) is 12.6 Å². The zero-order valence-corrected chi connectivity index (χ0v) is 10.0. The first-order chi connectivity index (χ1) is 8.20. The molecule has 4 nitrogen and oxygen atoms in total. The van der Waals surface area contributed by atoms with Crippen molar-refractivity contribution in [2.45, 2.75) is 44.8 Å². The molecule has 1 aliphatic heterocycles. The van der Waals surface area contributed by atoms with Gasteiger partial charge in [0.1, 0.15) is 0 Å². The highest BCUT2D eigenvalue weighted by Gasteiger charge is 2.34. The van der Waals surface area contributed by atoms with Crippen molar-refractivity contribution in [2.24, 2.45) is 5.92 Å². The molecule has 7 heteroatoms. The number of likely N-dealkylation sites (tertiary alicyclic amines) is 1. The summed E-state index contributed by atoms with van der Waals surface area (Å²) in [4.78, 5) is 23.7. The lowest BCUT2D eigenvalue weighted by molar-refractivity contribution is -0.153. The van der Waals surface area contributed by atoms with Gasteiger partial charge < -0.3 is 10.0 Å². The molecular weight excluding hydrogens is 251 g/mol. The van der Waals surface area contributed by atoms with Crippen molar-refractivity contribution in [3.8, 4) is 0 Å². The molecule has 0 aliphatic carbocycles. The van der Waals surface area contributed by atoms with Crippen LogP contribution in [0.2, 0.25) is 0 Å². The summed E-state index contributed by atoms with van der Waals surface area (Å²) in [7, 11) is 0. The molecule has 0 aromatic carbocycles. The van der Waals surface area contributed by atoms with Gasteiger partial charge in [0.2, 0.25) is 5.91 Å². The Balaban J connectivity index is 2.48. The lowest BCUT2D eigenvalue weighted by atomic mass is 9.91. The van der Waals surface area contributed by atoms with Crippen molar-refractivity contribution >= 4 is 11.9 Å². The summed E-state index contributed by atoms with van der Waals surface area (Å²) in [5.41, 5.74) is 0. The second-order valence-electron chi connectivity index (χ2n) is 4.61. The Morgan fingerprint density at radius 3 is 2.44 bits per heavy atom. The minimum atomic E-state index is -4.34. The third-order valence-corrected chi connectivity index (χ3v) is 3.17. The monoisotopic (exact) mass is 267 g/mol. The molecule has 0 aromatic heterocycles. The number of rotatable bonds is 3. The Kier molecular flexibility index (Phi) is 4.59. The zero-order chi connectivity index (χ0) is 13.9. The third-order valence-electron chi connectivity index (χ3n) is 3.17. The van der Waals surface area contributed by atoms with Crippen molar-refractivity contribution in [3.63, 3.8) is 0 Å². The molecule has 2 atom stereocenters. The van der Waals surface area contributed by atoms with Crippen LogP contribution >= 0.6 is 0 Å². The number of piperidine rings is 1. The Hall–Kier alpha value is -1.27. The molecule has 2 unspecified atom stereocenters.